The third kappa shape index (κ3) is 3.19. The van der Waals surface area contributed by atoms with Crippen LogP contribution in [-0.2, 0) is 0 Å². The lowest BCUT2D eigenvalue weighted by Crippen LogP contribution is -2.20. The van der Waals surface area contributed by atoms with Gasteiger partial charge in [0, 0.05) is 19.0 Å². The molecule has 1 aromatic rings. The predicted molar refractivity (Wildman–Crippen MR) is 79.4 cm³/mol. The fourth-order valence-electron chi connectivity index (χ4n) is 1.85. The molecule has 0 amide bonds. The van der Waals surface area contributed by atoms with Gasteiger partial charge < -0.3 is 20.7 Å². The molecule has 19 heavy (non-hydrogen) atoms. The Labute approximate surface area is 117 Å². The highest BCUT2D eigenvalue weighted by atomic mass is 32.1. The molecular weight excluding hydrogens is 262 g/mol. The zero-order valence-electron chi connectivity index (χ0n) is 11.7. The van der Waals surface area contributed by atoms with Gasteiger partial charge in [0.1, 0.15) is 5.00 Å². The van der Waals surface area contributed by atoms with E-state index in [0.717, 1.165) is 30.9 Å². The van der Waals surface area contributed by atoms with E-state index in [1.165, 1.54) is 11.3 Å². The monoisotopic (exact) mass is 283 g/mol. The van der Waals surface area contributed by atoms with Crippen molar-refractivity contribution < 1.29 is 9.53 Å². The van der Waals surface area contributed by atoms with Crippen molar-refractivity contribution in [1.82, 2.24) is 4.90 Å². The van der Waals surface area contributed by atoms with Crippen LogP contribution in [0.2, 0.25) is 0 Å². The van der Waals surface area contributed by atoms with E-state index in [9.17, 15) is 4.79 Å². The Bertz CT molecular complexity index is 467. The number of ether oxygens (including phenoxy) is 1. The number of rotatable bonds is 7. The maximum atomic E-state index is 12.1. The number of thiophene rings is 1. The van der Waals surface area contributed by atoms with Crippen molar-refractivity contribution in [2.45, 2.75) is 12.8 Å². The molecule has 5 nitrogen and oxygen atoms in total. The minimum atomic E-state index is 0.168. The summed E-state index contributed by atoms with van der Waals surface area (Å²) in [6, 6.07) is 0. The second kappa shape index (κ2) is 5.79. The van der Waals surface area contributed by atoms with Crippen molar-refractivity contribution in [1.29, 1.82) is 0 Å². The molecule has 0 saturated heterocycles. The van der Waals surface area contributed by atoms with Gasteiger partial charge in [-0.15, -0.1) is 11.3 Å². The van der Waals surface area contributed by atoms with Crippen LogP contribution in [0.15, 0.2) is 0 Å². The van der Waals surface area contributed by atoms with Gasteiger partial charge in [0.05, 0.1) is 17.7 Å². The molecule has 1 aromatic heterocycles. The minimum Gasteiger partial charge on any atom is -0.492 e. The molecular formula is C13H21N3O2S. The topological polar surface area (TPSA) is 67.6 Å². The standard InChI is InChI=1S/C13H21N3O2S/c1-16(2)7-6-15-13-11(18-3)9(14)12(19-13)10(17)8-4-5-8/h8,15H,4-7,14H2,1-3H3. The van der Waals surface area contributed by atoms with E-state index in [-0.39, 0.29) is 11.7 Å². The van der Waals surface area contributed by atoms with Gasteiger partial charge in [-0.1, -0.05) is 0 Å². The zero-order chi connectivity index (χ0) is 14.0. The van der Waals surface area contributed by atoms with Crippen LogP contribution in [0.5, 0.6) is 5.75 Å². The average Bonchev–Trinajstić information content (AvgIpc) is 3.14. The lowest BCUT2D eigenvalue weighted by Gasteiger charge is -2.11. The van der Waals surface area contributed by atoms with Crippen molar-refractivity contribution in [3.63, 3.8) is 0 Å². The van der Waals surface area contributed by atoms with E-state index in [4.69, 9.17) is 10.5 Å². The van der Waals surface area contributed by atoms with Crippen molar-refractivity contribution >= 4 is 27.8 Å². The van der Waals surface area contributed by atoms with E-state index >= 15 is 0 Å². The summed E-state index contributed by atoms with van der Waals surface area (Å²) in [4.78, 5) is 14.9. The molecule has 0 unspecified atom stereocenters. The lowest BCUT2D eigenvalue weighted by molar-refractivity contribution is 0.0972. The van der Waals surface area contributed by atoms with Crippen LogP contribution in [0.25, 0.3) is 0 Å². The number of nitrogens with one attached hydrogen (secondary N) is 1. The number of carbonyl (C=O) groups is 1. The van der Waals surface area contributed by atoms with E-state index in [1.807, 2.05) is 14.1 Å². The highest BCUT2D eigenvalue weighted by Gasteiger charge is 2.34. The molecule has 1 aliphatic rings. The summed E-state index contributed by atoms with van der Waals surface area (Å²) >= 11 is 1.41. The van der Waals surface area contributed by atoms with Crippen LogP contribution >= 0.6 is 11.3 Å². The normalized spacial score (nSPS) is 14.7. The summed E-state index contributed by atoms with van der Waals surface area (Å²) in [6.45, 7) is 1.70. The molecule has 6 heteroatoms. The molecule has 3 N–H and O–H groups in total. The van der Waals surface area contributed by atoms with E-state index in [1.54, 1.807) is 7.11 Å². The summed E-state index contributed by atoms with van der Waals surface area (Å²) in [5, 5.41) is 4.14. The van der Waals surface area contributed by atoms with Crippen molar-refractivity contribution in [2.24, 2.45) is 5.92 Å². The molecule has 0 atom stereocenters. The number of nitrogen functional groups attached to an aromatic ring is 1. The van der Waals surface area contributed by atoms with Crippen molar-refractivity contribution in [3.05, 3.63) is 4.88 Å². The van der Waals surface area contributed by atoms with Crippen LogP contribution in [0, 0.1) is 5.92 Å². The van der Waals surface area contributed by atoms with E-state index in [2.05, 4.69) is 10.2 Å². The summed E-state index contributed by atoms with van der Waals surface area (Å²) < 4.78 is 5.32. The molecule has 106 valence electrons. The quantitative estimate of drug-likeness (QED) is 0.748. The number of methoxy groups -OCH3 is 1. The number of nitrogens with zero attached hydrogens (tertiary/aromatic N) is 1. The SMILES string of the molecule is COc1c(NCCN(C)C)sc(C(=O)C2CC2)c1N. The first-order valence-corrected chi connectivity index (χ1v) is 7.25. The highest BCUT2D eigenvalue weighted by Crippen LogP contribution is 2.45. The van der Waals surface area contributed by atoms with Crippen LogP contribution in [0.4, 0.5) is 10.7 Å². The number of carbonyl (C=O) groups excluding carboxylic acids is 1. The molecule has 1 aliphatic carbocycles. The maximum absolute atomic E-state index is 12.1. The third-order valence-electron chi connectivity index (χ3n) is 3.12. The summed E-state index contributed by atoms with van der Waals surface area (Å²) in [5.41, 5.74) is 6.51. The Morgan fingerprint density at radius 3 is 2.74 bits per heavy atom. The summed E-state index contributed by atoms with van der Waals surface area (Å²) in [5.74, 6) is 0.953. The molecule has 1 heterocycles. The molecule has 0 radical (unpaired) electrons. The van der Waals surface area contributed by atoms with Gasteiger partial charge in [0.25, 0.3) is 0 Å². The van der Waals surface area contributed by atoms with Gasteiger partial charge in [-0.05, 0) is 26.9 Å². The number of likely N-dealkylation sites (N-methyl/N-ethyl adjacent to an activating group) is 1. The van der Waals surface area contributed by atoms with Gasteiger partial charge in [-0.2, -0.15) is 0 Å². The number of hydrogen-bond donors (Lipinski definition) is 2. The number of hydrogen-bond acceptors (Lipinski definition) is 6. The van der Waals surface area contributed by atoms with Crippen LogP contribution in [0.1, 0.15) is 22.5 Å². The van der Waals surface area contributed by atoms with E-state index < -0.39 is 0 Å². The van der Waals surface area contributed by atoms with Gasteiger partial charge in [-0.3, -0.25) is 4.79 Å². The van der Waals surface area contributed by atoms with Crippen LogP contribution < -0.4 is 15.8 Å². The Morgan fingerprint density at radius 2 is 2.21 bits per heavy atom. The predicted octanol–water partition coefficient (Wildman–Crippen LogP) is 1.91. The lowest BCUT2D eigenvalue weighted by atomic mass is 10.2. The second-order valence-electron chi connectivity index (χ2n) is 5.08. The molecule has 0 aliphatic heterocycles. The second-order valence-corrected chi connectivity index (χ2v) is 6.10. The summed E-state index contributed by atoms with van der Waals surface area (Å²) in [7, 11) is 5.62. The molecule has 1 fully saturated rings. The van der Waals surface area contributed by atoms with Gasteiger partial charge in [0.2, 0.25) is 0 Å². The van der Waals surface area contributed by atoms with Gasteiger partial charge in [0.15, 0.2) is 11.5 Å². The number of ketones is 1. The van der Waals surface area contributed by atoms with Crippen LogP contribution in [-0.4, -0.2) is 45.0 Å². The smallest absolute Gasteiger partial charge is 0.178 e. The first-order chi connectivity index (χ1) is 9.04. The van der Waals surface area contributed by atoms with Gasteiger partial charge >= 0.3 is 0 Å². The Balaban J connectivity index is 2.13. The highest BCUT2D eigenvalue weighted by molar-refractivity contribution is 7.19. The van der Waals surface area contributed by atoms with Crippen molar-refractivity contribution in [2.75, 3.05) is 45.3 Å². The molecule has 2 rings (SSSR count). The van der Waals surface area contributed by atoms with Gasteiger partial charge in [-0.25, -0.2) is 0 Å². The fourth-order valence-corrected chi connectivity index (χ4v) is 2.99. The number of Topliss-reactive ketones (excluding diaryl/α,β-unsaturated/α-hetero) is 1. The molecule has 1 saturated carbocycles. The third-order valence-corrected chi connectivity index (χ3v) is 4.28. The molecule has 0 bridgehead atoms. The fraction of sp³-hybridized carbons (Fsp3) is 0.615. The van der Waals surface area contributed by atoms with Crippen LogP contribution in [0.3, 0.4) is 0 Å². The minimum absolute atomic E-state index is 0.168. The van der Waals surface area contributed by atoms with E-state index in [0.29, 0.717) is 16.3 Å². The Hall–Kier alpha value is -1.27. The number of nitrogens with two attached hydrogens (primary N) is 1. The first kappa shape index (κ1) is 14.1. The molecule has 0 spiro atoms. The zero-order valence-corrected chi connectivity index (χ0v) is 12.5. The molecule has 0 aromatic carbocycles. The largest absolute Gasteiger partial charge is 0.492 e. The van der Waals surface area contributed by atoms with Crippen molar-refractivity contribution in [3.8, 4) is 5.75 Å². The Kier molecular flexibility index (Phi) is 4.31. The Morgan fingerprint density at radius 1 is 1.53 bits per heavy atom. The average molecular weight is 283 g/mol. The first-order valence-electron chi connectivity index (χ1n) is 6.43. The number of anilines is 2. The maximum Gasteiger partial charge on any atom is 0.178 e. The summed E-state index contributed by atoms with van der Waals surface area (Å²) in [6.07, 6.45) is 1.98.